The fourth-order valence-electron chi connectivity index (χ4n) is 4.30. The molecule has 1 fully saturated rings. The lowest BCUT2D eigenvalue weighted by Gasteiger charge is -2.29. The largest absolute Gasteiger partial charge is 0.491 e. The molecule has 9 nitrogen and oxygen atoms in total. The minimum atomic E-state index is -1.34. The quantitative estimate of drug-likeness (QED) is 0.360. The molecule has 3 aromatic heterocycles. The molecule has 10 heteroatoms. The first-order valence-electron chi connectivity index (χ1n) is 11.0. The Kier molecular flexibility index (Phi) is 5.93. The fourth-order valence-corrected chi connectivity index (χ4v) is 4.65. The summed E-state index contributed by atoms with van der Waals surface area (Å²) in [7, 11) is 0. The van der Waals surface area contributed by atoms with Crippen molar-refractivity contribution in [1.29, 1.82) is 0 Å². The molecule has 4 atom stereocenters. The number of benzene rings is 1. The normalized spacial score (nSPS) is 23.1. The molecule has 0 unspecified atom stereocenters. The van der Waals surface area contributed by atoms with Gasteiger partial charge in [0.1, 0.15) is 36.3 Å². The Morgan fingerprint density at radius 2 is 2.03 bits per heavy atom. The van der Waals surface area contributed by atoms with Crippen LogP contribution in [0.15, 0.2) is 53.5 Å². The monoisotopic (exact) mass is 527 g/mol. The average Bonchev–Trinajstić information content (AvgIpc) is 3.34. The first-order valence-corrected chi connectivity index (χ1v) is 11.8. The van der Waals surface area contributed by atoms with Gasteiger partial charge in [0.25, 0.3) is 0 Å². The van der Waals surface area contributed by atoms with Crippen molar-refractivity contribution in [3.8, 4) is 5.75 Å². The van der Waals surface area contributed by atoms with Gasteiger partial charge in [-0.3, -0.25) is 4.98 Å². The Hall–Kier alpha value is -2.79. The van der Waals surface area contributed by atoms with Crippen molar-refractivity contribution in [2.45, 2.75) is 45.0 Å². The Labute approximate surface area is 205 Å². The van der Waals surface area contributed by atoms with E-state index in [-0.39, 0.29) is 12.0 Å². The number of halogens is 1. The highest BCUT2D eigenvalue weighted by atomic mass is 79.9. The van der Waals surface area contributed by atoms with Gasteiger partial charge >= 0.3 is 0 Å². The van der Waals surface area contributed by atoms with Crippen LogP contribution in [0.25, 0.3) is 21.9 Å². The van der Waals surface area contributed by atoms with E-state index >= 15 is 0 Å². The van der Waals surface area contributed by atoms with Crippen LogP contribution in [0.3, 0.4) is 0 Å². The van der Waals surface area contributed by atoms with E-state index in [0.717, 1.165) is 20.8 Å². The number of anilines is 1. The predicted molar refractivity (Wildman–Crippen MR) is 131 cm³/mol. The maximum atomic E-state index is 10.4. The molecule has 1 aliphatic heterocycles. The summed E-state index contributed by atoms with van der Waals surface area (Å²) in [4.78, 5) is 12.9. The van der Waals surface area contributed by atoms with Gasteiger partial charge in [0, 0.05) is 34.2 Å². The number of nitrogens with zero attached hydrogens (tertiary/aromatic N) is 4. The molecular formula is C24H26BrN5O4. The van der Waals surface area contributed by atoms with Crippen LogP contribution in [0.4, 0.5) is 5.82 Å². The third kappa shape index (κ3) is 4.46. The van der Waals surface area contributed by atoms with E-state index in [2.05, 4.69) is 30.9 Å². The van der Waals surface area contributed by atoms with Crippen LogP contribution >= 0.6 is 15.9 Å². The Morgan fingerprint density at radius 3 is 2.82 bits per heavy atom. The SMILES string of the molecule is C[C@H]1[C@@H](OC(C)(C)O)[C@H](n2ccc3c(N)ncnc32)O[C@@H]1COc1ccc2cc(Br)cnc2c1. The Bertz CT molecular complexity index is 1340. The lowest BCUT2D eigenvalue weighted by Crippen LogP contribution is -2.37. The van der Waals surface area contributed by atoms with E-state index in [4.69, 9.17) is 19.9 Å². The van der Waals surface area contributed by atoms with Gasteiger partial charge in [-0.1, -0.05) is 6.92 Å². The highest BCUT2D eigenvalue weighted by Crippen LogP contribution is 2.40. The zero-order chi connectivity index (χ0) is 24.0. The molecule has 4 aromatic rings. The molecule has 4 heterocycles. The first-order chi connectivity index (χ1) is 16.2. The molecule has 3 N–H and O–H groups in total. The third-order valence-electron chi connectivity index (χ3n) is 5.98. The van der Waals surface area contributed by atoms with E-state index in [0.29, 0.717) is 23.8 Å². The topological polar surface area (TPSA) is 118 Å². The number of fused-ring (bicyclic) bond motifs is 2. The maximum absolute atomic E-state index is 10.4. The van der Waals surface area contributed by atoms with E-state index in [9.17, 15) is 5.11 Å². The van der Waals surface area contributed by atoms with Crippen molar-refractivity contribution in [2.24, 2.45) is 5.92 Å². The number of nitrogens with two attached hydrogens (primary N) is 1. The number of pyridine rings is 1. The molecule has 0 spiro atoms. The van der Waals surface area contributed by atoms with Gasteiger partial charge < -0.3 is 29.6 Å². The summed E-state index contributed by atoms with van der Waals surface area (Å²) in [5.74, 6) is -0.325. The van der Waals surface area contributed by atoms with Gasteiger partial charge in [-0.25, -0.2) is 9.97 Å². The van der Waals surface area contributed by atoms with E-state index < -0.39 is 18.1 Å². The Morgan fingerprint density at radius 1 is 1.21 bits per heavy atom. The summed E-state index contributed by atoms with van der Waals surface area (Å²) in [5, 5.41) is 12.2. The molecule has 34 heavy (non-hydrogen) atoms. The van der Waals surface area contributed by atoms with Gasteiger partial charge in [-0.05, 0) is 54.0 Å². The lowest BCUT2D eigenvalue weighted by atomic mass is 10.00. The van der Waals surface area contributed by atoms with Crippen LogP contribution < -0.4 is 10.5 Å². The molecule has 1 aliphatic rings. The number of hydrogen-bond donors (Lipinski definition) is 2. The number of nitrogen functional groups attached to an aromatic ring is 1. The van der Waals surface area contributed by atoms with Crippen molar-refractivity contribution in [2.75, 3.05) is 12.3 Å². The van der Waals surface area contributed by atoms with Gasteiger partial charge in [0.2, 0.25) is 0 Å². The van der Waals surface area contributed by atoms with Gasteiger partial charge in [-0.2, -0.15) is 0 Å². The fraction of sp³-hybridized carbons (Fsp3) is 0.375. The molecular weight excluding hydrogens is 502 g/mol. The lowest BCUT2D eigenvalue weighted by molar-refractivity contribution is -0.227. The van der Waals surface area contributed by atoms with Crippen LogP contribution in [-0.4, -0.2) is 49.2 Å². The minimum absolute atomic E-state index is 0.0809. The van der Waals surface area contributed by atoms with Crippen LogP contribution in [-0.2, 0) is 9.47 Å². The van der Waals surface area contributed by atoms with Crippen LogP contribution in [0.1, 0.15) is 27.0 Å². The van der Waals surface area contributed by atoms with E-state index in [1.807, 2.05) is 48.0 Å². The number of hydrogen-bond acceptors (Lipinski definition) is 8. The number of ether oxygens (including phenoxy) is 3. The summed E-state index contributed by atoms with van der Waals surface area (Å²) in [6.45, 7) is 5.55. The summed E-state index contributed by atoms with van der Waals surface area (Å²) < 4.78 is 21.4. The summed E-state index contributed by atoms with van der Waals surface area (Å²) in [6.07, 6.45) is 3.76. The molecule has 0 radical (unpaired) electrons. The van der Waals surface area contributed by atoms with Crippen LogP contribution in [0.5, 0.6) is 5.75 Å². The van der Waals surface area contributed by atoms with Gasteiger partial charge in [0.15, 0.2) is 12.0 Å². The number of rotatable bonds is 6. The van der Waals surface area contributed by atoms with Crippen molar-refractivity contribution in [3.63, 3.8) is 0 Å². The van der Waals surface area contributed by atoms with Gasteiger partial charge in [-0.15, -0.1) is 0 Å². The van der Waals surface area contributed by atoms with Crippen molar-refractivity contribution < 1.29 is 19.3 Å². The second-order valence-corrected chi connectivity index (χ2v) is 9.91. The molecule has 1 saturated heterocycles. The third-order valence-corrected chi connectivity index (χ3v) is 6.41. The summed E-state index contributed by atoms with van der Waals surface area (Å²) in [5.41, 5.74) is 7.50. The average molecular weight is 528 g/mol. The molecule has 1 aromatic carbocycles. The van der Waals surface area contributed by atoms with E-state index in [1.54, 1.807) is 20.0 Å². The Balaban J connectivity index is 1.40. The number of aromatic nitrogens is 4. The van der Waals surface area contributed by atoms with Crippen molar-refractivity contribution in [1.82, 2.24) is 19.5 Å². The molecule has 5 rings (SSSR count). The highest BCUT2D eigenvalue weighted by Gasteiger charge is 2.46. The molecule has 178 valence electrons. The van der Waals surface area contributed by atoms with Crippen molar-refractivity contribution >= 4 is 43.7 Å². The maximum Gasteiger partial charge on any atom is 0.162 e. The minimum Gasteiger partial charge on any atom is -0.491 e. The molecule has 0 amide bonds. The second kappa shape index (κ2) is 8.77. The molecule has 0 aliphatic carbocycles. The zero-order valence-electron chi connectivity index (χ0n) is 19.1. The predicted octanol–water partition coefficient (Wildman–Crippen LogP) is 4.05. The van der Waals surface area contributed by atoms with E-state index in [1.165, 1.54) is 6.33 Å². The standard InChI is InChI=1S/C24H26BrN5O4/c1-13-19(11-32-16-5-4-14-8-15(25)10-27-18(14)9-16)33-23(20(13)34-24(2,3)31)30-7-6-17-21(26)28-12-29-22(17)30/h4-10,12-13,19-20,23,31H,11H2,1-3H3,(H2,26,28,29)/t13-,19-,20-,23-/m1/s1. The van der Waals surface area contributed by atoms with Crippen LogP contribution in [0, 0.1) is 5.92 Å². The summed E-state index contributed by atoms with van der Waals surface area (Å²) >= 11 is 3.44. The highest BCUT2D eigenvalue weighted by molar-refractivity contribution is 9.10. The van der Waals surface area contributed by atoms with Gasteiger partial charge in [0.05, 0.1) is 17.0 Å². The molecule has 0 bridgehead atoms. The van der Waals surface area contributed by atoms with Crippen molar-refractivity contribution in [3.05, 3.63) is 53.5 Å². The first kappa shape index (κ1) is 23.0. The number of aliphatic hydroxyl groups is 1. The molecule has 0 saturated carbocycles. The smallest absolute Gasteiger partial charge is 0.162 e. The summed E-state index contributed by atoms with van der Waals surface area (Å²) in [6, 6.07) is 9.65. The second-order valence-electron chi connectivity index (χ2n) is 8.99. The van der Waals surface area contributed by atoms with Crippen LogP contribution in [0.2, 0.25) is 0 Å². The zero-order valence-corrected chi connectivity index (χ0v) is 20.6.